The summed E-state index contributed by atoms with van der Waals surface area (Å²) in [5.41, 5.74) is 1.58. The van der Waals surface area contributed by atoms with Crippen LogP contribution in [0.15, 0.2) is 48.5 Å². The molecule has 0 saturated carbocycles. The topological polar surface area (TPSA) is 108 Å². The number of carbonyl (C=O) groups is 2. The molecule has 2 aromatic rings. The minimum absolute atomic E-state index is 0.101. The Morgan fingerprint density at radius 1 is 0.939 bits per heavy atom. The van der Waals surface area contributed by atoms with Crippen LogP contribution in [0, 0.1) is 10.1 Å². The van der Waals surface area contributed by atoms with Crippen LogP contribution >= 0.6 is 0 Å². The fourth-order valence-electron chi connectivity index (χ4n) is 4.06. The van der Waals surface area contributed by atoms with Crippen molar-refractivity contribution in [3.8, 4) is 0 Å². The lowest BCUT2D eigenvalue weighted by atomic mass is 10.1. The van der Waals surface area contributed by atoms with E-state index < -0.39 is 11.0 Å². The number of ether oxygens (including phenoxy) is 1. The van der Waals surface area contributed by atoms with Gasteiger partial charge in [0.15, 0.2) is 0 Å². The fourth-order valence-corrected chi connectivity index (χ4v) is 4.06. The molecule has 0 aromatic heterocycles. The van der Waals surface area contributed by atoms with Gasteiger partial charge in [0.05, 0.1) is 4.92 Å². The van der Waals surface area contributed by atoms with E-state index in [2.05, 4.69) is 5.32 Å². The van der Waals surface area contributed by atoms with E-state index in [1.165, 1.54) is 6.07 Å². The minimum Gasteiger partial charge on any atom is -0.445 e. The van der Waals surface area contributed by atoms with Gasteiger partial charge in [-0.15, -0.1) is 0 Å². The summed E-state index contributed by atoms with van der Waals surface area (Å²) < 4.78 is 5.38. The number of nitrogens with one attached hydrogen (secondary N) is 1. The Labute approximate surface area is 191 Å². The van der Waals surface area contributed by atoms with Gasteiger partial charge in [0.25, 0.3) is 11.6 Å². The first-order valence-corrected chi connectivity index (χ1v) is 11.0. The maximum atomic E-state index is 12.7. The molecule has 0 unspecified atom stereocenters. The normalized spacial score (nSPS) is 16.4. The van der Waals surface area contributed by atoms with E-state index in [9.17, 15) is 19.7 Å². The summed E-state index contributed by atoms with van der Waals surface area (Å²) in [5, 5.41) is 15.0. The first-order valence-electron chi connectivity index (χ1n) is 11.0. The lowest BCUT2D eigenvalue weighted by Gasteiger charge is -2.35. The van der Waals surface area contributed by atoms with E-state index in [4.69, 9.17) is 4.74 Å². The number of rotatable bonds is 5. The van der Waals surface area contributed by atoms with Crippen LogP contribution in [0.5, 0.6) is 0 Å². The predicted molar refractivity (Wildman–Crippen MR) is 122 cm³/mol. The quantitative estimate of drug-likeness (QED) is 0.546. The minimum atomic E-state index is -0.454. The van der Waals surface area contributed by atoms with Gasteiger partial charge in [0.1, 0.15) is 12.3 Å². The standard InChI is InChI=1S/C23H27N5O5/c29-22(26-10-8-24-9-11-26)19-6-7-20(21(16-19)28(31)32)25-12-14-27(15-13-25)23(30)33-17-18-4-2-1-3-5-18/h1-7,16,24H,8-15,17H2. The van der Waals surface area contributed by atoms with Crippen molar-refractivity contribution in [2.45, 2.75) is 6.61 Å². The van der Waals surface area contributed by atoms with Gasteiger partial charge in [-0.2, -0.15) is 0 Å². The average Bonchev–Trinajstić information content (AvgIpc) is 2.87. The van der Waals surface area contributed by atoms with Crippen LogP contribution in [0.3, 0.4) is 0 Å². The third-order valence-corrected chi connectivity index (χ3v) is 5.91. The van der Waals surface area contributed by atoms with Crippen molar-refractivity contribution < 1.29 is 19.2 Å². The number of benzene rings is 2. The van der Waals surface area contributed by atoms with E-state index in [0.29, 0.717) is 63.6 Å². The van der Waals surface area contributed by atoms with Crippen molar-refractivity contribution in [1.29, 1.82) is 0 Å². The fraction of sp³-hybridized carbons (Fsp3) is 0.391. The molecule has 174 valence electrons. The molecular weight excluding hydrogens is 426 g/mol. The monoisotopic (exact) mass is 453 g/mol. The van der Waals surface area contributed by atoms with Crippen molar-refractivity contribution in [1.82, 2.24) is 15.1 Å². The number of nitrogens with zero attached hydrogens (tertiary/aromatic N) is 4. The highest BCUT2D eigenvalue weighted by atomic mass is 16.6. The van der Waals surface area contributed by atoms with Crippen molar-refractivity contribution >= 4 is 23.4 Å². The Hall–Kier alpha value is -3.66. The number of piperazine rings is 2. The van der Waals surface area contributed by atoms with E-state index in [0.717, 1.165) is 5.56 Å². The highest BCUT2D eigenvalue weighted by Crippen LogP contribution is 2.30. The molecule has 2 heterocycles. The second-order valence-electron chi connectivity index (χ2n) is 8.02. The highest BCUT2D eigenvalue weighted by Gasteiger charge is 2.28. The molecule has 10 nitrogen and oxygen atoms in total. The van der Waals surface area contributed by atoms with Gasteiger partial charge in [-0.05, 0) is 17.7 Å². The van der Waals surface area contributed by atoms with Gasteiger partial charge in [0.2, 0.25) is 0 Å². The summed E-state index contributed by atoms with van der Waals surface area (Å²) >= 11 is 0. The summed E-state index contributed by atoms with van der Waals surface area (Å²) in [6.07, 6.45) is -0.398. The molecule has 0 radical (unpaired) electrons. The van der Waals surface area contributed by atoms with Crippen LogP contribution in [0.4, 0.5) is 16.2 Å². The van der Waals surface area contributed by atoms with Crippen molar-refractivity contribution in [2.75, 3.05) is 57.3 Å². The number of hydrogen-bond donors (Lipinski definition) is 1. The third-order valence-electron chi connectivity index (χ3n) is 5.91. The molecule has 0 aliphatic carbocycles. The molecule has 0 spiro atoms. The van der Waals surface area contributed by atoms with Crippen LogP contribution in [0.25, 0.3) is 0 Å². The molecule has 1 N–H and O–H groups in total. The van der Waals surface area contributed by atoms with Gasteiger partial charge in [0, 0.05) is 64.0 Å². The van der Waals surface area contributed by atoms with Crippen molar-refractivity contribution in [2.24, 2.45) is 0 Å². The molecule has 10 heteroatoms. The molecule has 2 aromatic carbocycles. The zero-order valence-electron chi connectivity index (χ0n) is 18.3. The molecule has 2 fully saturated rings. The van der Waals surface area contributed by atoms with Crippen LogP contribution in [0.1, 0.15) is 15.9 Å². The maximum Gasteiger partial charge on any atom is 0.410 e. The van der Waals surface area contributed by atoms with E-state index in [1.54, 1.807) is 21.9 Å². The second kappa shape index (κ2) is 10.3. The number of nitro benzene ring substituents is 1. The smallest absolute Gasteiger partial charge is 0.410 e. The number of anilines is 1. The van der Waals surface area contributed by atoms with Crippen LogP contribution in [0.2, 0.25) is 0 Å². The number of hydrogen-bond acceptors (Lipinski definition) is 7. The summed E-state index contributed by atoms with van der Waals surface area (Å²) in [6, 6.07) is 14.1. The zero-order chi connectivity index (χ0) is 23.2. The maximum absolute atomic E-state index is 12.7. The Balaban J connectivity index is 1.38. The average molecular weight is 453 g/mol. The molecule has 0 bridgehead atoms. The summed E-state index contributed by atoms with van der Waals surface area (Å²) in [4.78, 5) is 41.6. The highest BCUT2D eigenvalue weighted by molar-refractivity contribution is 5.96. The molecule has 2 saturated heterocycles. The molecule has 2 aliphatic heterocycles. The lowest BCUT2D eigenvalue weighted by Crippen LogP contribution is -2.49. The van der Waals surface area contributed by atoms with Gasteiger partial charge >= 0.3 is 6.09 Å². The second-order valence-corrected chi connectivity index (χ2v) is 8.02. The molecule has 33 heavy (non-hydrogen) atoms. The Morgan fingerprint density at radius 3 is 2.30 bits per heavy atom. The summed E-state index contributed by atoms with van der Waals surface area (Å²) in [6.45, 7) is 4.45. The summed E-state index contributed by atoms with van der Waals surface area (Å²) in [5.74, 6) is -0.197. The number of amides is 2. The Kier molecular flexibility index (Phi) is 7.04. The zero-order valence-corrected chi connectivity index (χ0v) is 18.3. The van der Waals surface area contributed by atoms with Gasteiger partial charge in [-0.1, -0.05) is 30.3 Å². The molecule has 0 atom stereocenters. The van der Waals surface area contributed by atoms with E-state index >= 15 is 0 Å². The number of carbonyl (C=O) groups excluding carboxylic acids is 2. The van der Waals surface area contributed by atoms with E-state index in [-0.39, 0.29) is 18.2 Å². The van der Waals surface area contributed by atoms with Gasteiger partial charge in [-0.25, -0.2) is 4.79 Å². The van der Waals surface area contributed by atoms with Crippen LogP contribution < -0.4 is 10.2 Å². The SMILES string of the molecule is O=C(OCc1ccccc1)N1CCN(c2ccc(C(=O)N3CCNCC3)cc2[N+](=O)[O-])CC1. The van der Waals surface area contributed by atoms with Crippen molar-refractivity contribution in [3.05, 3.63) is 69.8 Å². The van der Waals surface area contributed by atoms with Crippen LogP contribution in [-0.4, -0.2) is 79.1 Å². The molecular formula is C23H27N5O5. The largest absolute Gasteiger partial charge is 0.445 e. The Bertz CT molecular complexity index is 1000. The molecule has 4 rings (SSSR count). The van der Waals surface area contributed by atoms with E-state index in [1.807, 2.05) is 35.2 Å². The predicted octanol–water partition coefficient (Wildman–Crippen LogP) is 2.10. The summed E-state index contributed by atoms with van der Waals surface area (Å²) in [7, 11) is 0. The lowest BCUT2D eigenvalue weighted by molar-refractivity contribution is -0.384. The molecule has 2 amide bonds. The third kappa shape index (κ3) is 5.40. The van der Waals surface area contributed by atoms with Gasteiger partial charge < -0.3 is 24.8 Å². The van der Waals surface area contributed by atoms with Gasteiger partial charge in [-0.3, -0.25) is 14.9 Å². The Morgan fingerprint density at radius 2 is 1.64 bits per heavy atom. The first kappa shape index (κ1) is 22.5. The first-order chi connectivity index (χ1) is 16.0. The van der Waals surface area contributed by atoms with Crippen LogP contribution in [-0.2, 0) is 11.3 Å². The van der Waals surface area contributed by atoms with Crippen molar-refractivity contribution in [3.63, 3.8) is 0 Å². The molecule has 2 aliphatic rings. The number of nitro groups is 1.